The molecule has 1 aliphatic heterocycles. The van der Waals surface area contributed by atoms with E-state index in [0.29, 0.717) is 17.6 Å². The van der Waals surface area contributed by atoms with Crippen molar-refractivity contribution in [1.29, 1.82) is 0 Å². The maximum atomic E-state index is 13.1. The van der Waals surface area contributed by atoms with Gasteiger partial charge in [-0.25, -0.2) is 0 Å². The molecule has 1 aromatic rings. The second kappa shape index (κ2) is 6.71. The van der Waals surface area contributed by atoms with Gasteiger partial charge in [0.15, 0.2) is 0 Å². The molecule has 7 heteroatoms. The number of alkyl halides is 6. The standard InChI is InChI=1S/C16H20F6N/c17-15(18,19)8-5-11-23(9-3-4-10-23)12-13-6-1-2-7-14(13)16(20,21)22/h1-2,6-7H,3-5,8-12H2/q+1. The first-order valence-electron chi connectivity index (χ1n) is 7.68. The molecule has 0 saturated carbocycles. The molecule has 2 rings (SSSR count). The van der Waals surface area contributed by atoms with E-state index in [0.717, 1.165) is 18.9 Å². The van der Waals surface area contributed by atoms with Crippen LogP contribution < -0.4 is 0 Å². The second-order valence-corrected chi connectivity index (χ2v) is 6.25. The quantitative estimate of drug-likeness (QED) is 0.513. The van der Waals surface area contributed by atoms with Crippen molar-refractivity contribution in [2.75, 3.05) is 19.6 Å². The van der Waals surface area contributed by atoms with E-state index in [1.807, 2.05) is 0 Å². The highest BCUT2D eigenvalue weighted by Gasteiger charge is 2.38. The SMILES string of the molecule is FC(F)(F)CCC[N+]1(Cc2ccccc2C(F)(F)F)CCCC1. The third-order valence-electron chi connectivity index (χ3n) is 4.44. The van der Waals surface area contributed by atoms with Crippen LogP contribution in [0.5, 0.6) is 0 Å². The molecule has 23 heavy (non-hydrogen) atoms. The van der Waals surface area contributed by atoms with Crippen molar-refractivity contribution in [2.45, 2.75) is 44.6 Å². The van der Waals surface area contributed by atoms with E-state index in [1.165, 1.54) is 12.1 Å². The predicted octanol–water partition coefficient (Wildman–Crippen LogP) is 5.16. The summed E-state index contributed by atoms with van der Waals surface area (Å²) in [7, 11) is 0. The summed E-state index contributed by atoms with van der Waals surface area (Å²) in [6.45, 7) is 1.70. The lowest BCUT2D eigenvalue weighted by atomic mass is 10.1. The lowest BCUT2D eigenvalue weighted by molar-refractivity contribution is -0.930. The molecule has 0 radical (unpaired) electrons. The molecule has 0 N–H and O–H groups in total. The van der Waals surface area contributed by atoms with Crippen LogP contribution in [0.15, 0.2) is 24.3 Å². The molecule has 0 atom stereocenters. The third-order valence-corrected chi connectivity index (χ3v) is 4.44. The van der Waals surface area contributed by atoms with Gasteiger partial charge in [-0.3, -0.25) is 0 Å². The number of rotatable bonds is 5. The Morgan fingerprint density at radius 3 is 2.09 bits per heavy atom. The van der Waals surface area contributed by atoms with Gasteiger partial charge < -0.3 is 4.48 Å². The number of hydrogen-bond acceptors (Lipinski definition) is 0. The highest BCUT2D eigenvalue weighted by Crippen LogP contribution is 2.35. The van der Waals surface area contributed by atoms with E-state index in [9.17, 15) is 26.3 Å². The van der Waals surface area contributed by atoms with Crippen LogP contribution in [0, 0.1) is 0 Å². The zero-order valence-corrected chi connectivity index (χ0v) is 12.7. The van der Waals surface area contributed by atoms with Crippen LogP contribution in [0.1, 0.15) is 36.8 Å². The van der Waals surface area contributed by atoms with Crippen molar-refractivity contribution in [3.8, 4) is 0 Å². The van der Waals surface area contributed by atoms with Crippen molar-refractivity contribution >= 4 is 0 Å². The average Bonchev–Trinajstić information content (AvgIpc) is 2.85. The molecule has 0 aromatic heterocycles. The third kappa shape index (κ3) is 5.12. The normalized spacial score (nSPS) is 18.3. The highest BCUT2D eigenvalue weighted by molar-refractivity contribution is 5.29. The second-order valence-electron chi connectivity index (χ2n) is 6.25. The summed E-state index contributed by atoms with van der Waals surface area (Å²) < 4.78 is 76.7. The average molecular weight is 340 g/mol. The zero-order chi connectivity index (χ0) is 17.1. The Balaban J connectivity index is 2.14. The molecule has 1 fully saturated rings. The molecule has 1 nitrogen and oxygen atoms in total. The van der Waals surface area contributed by atoms with Gasteiger partial charge in [-0.1, -0.05) is 18.2 Å². The van der Waals surface area contributed by atoms with Crippen LogP contribution >= 0.6 is 0 Å². The van der Waals surface area contributed by atoms with E-state index < -0.39 is 24.3 Å². The van der Waals surface area contributed by atoms with E-state index in [1.54, 1.807) is 6.07 Å². The van der Waals surface area contributed by atoms with Gasteiger partial charge in [0, 0.05) is 31.2 Å². The minimum atomic E-state index is -4.44. The molecular weight excluding hydrogens is 320 g/mol. The number of quaternary nitrogens is 1. The van der Waals surface area contributed by atoms with Gasteiger partial charge in [-0.2, -0.15) is 26.3 Å². The Morgan fingerprint density at radius 1 is 0.913 bits per heavy atom. The summed E-state index contributed by atoms with van der Waals surface area (Å²) in [6.07, 6.45) is -7.88. The van der Waals surface area contributed by atoms with Crippen LogP contribution in [0.3, 0.4) is 0 Å². The fraction of sp³-hybridized carbons (Fsp3) is 0.625. The van der Waals surface area contributed by atoms with Crippen molar-refractivity contribution < 1.29 is 30.8 Å². The number of benzene rings is 1. The minimum Gasteiger partial charge on any atom is -0.320 e. The molecule has 0 aliphatic carbocycles. The van der Waals surface area contributed by atoms with Gasteiger partial charge in [0.05, 0.1) is 25.2 Å². The fourth-order valence-electron chi connectivity index (χ4n) is 3.38. The van der Waals surface area contributed by atoms with Crippen molar-refractivity contribution in [3.05, 3.63) is 35.4 Å². The van der Waals surface area contributed by atoms with Crippen LogP contribution in [0.25, 0.3) is 0 Å². The van der Waals surface area contributed by atoms with Crippen LogP contribution in [0.4, 0.5) is 26.3 Å². The van der Waals surface area contributed by atoms with Gasteiger partial charge in [0.25, 0.3) is 0 Å². The summed E-state index contributed by atoms with van der Waals surface area (Å²) in [5, 5.41) is 0. The Hall–Kier alpha value is -1.24. The van der Waals surface area contributed by atoms with Crippen LogP contribution in [-0.4, -0.2) is 30.3 Å². The molecule has 130 valence electrons. The van der Waals surface area contributed by atoms with Crippen molar-refractivity contribution in [2.24, 2.45) is 0 Å². The number of nitrogens with zero attached hydrogens (tertiary/aromatic N) is 1. The van der Waals surface area contributed by atoms with Crippen molar-refractivity contribution in [3.63, 3.8) is 0 Å². The van der Waals surface area contributed by atoms with Gasteiger partial charge in [-0.05, 0) is 6.07 Å². The number of likely N-dealkylation sites (tertiary alicyclic amines) is 1. The predicted molar refractivity (Wildman–Crippen MR) is 74.5 cm³/mol. The maximum Gasteiger partial charge on any atom is 0.416 e. The summed E-state index contributed by atoms with van der Waals surface area (Å²) in [5.74, 6) is 0. The van der Waals surface area contributed by atoms with Gasteiger partial charge in [0.1, 0.15) is 6.54 Å². The molecule has 1 heterocycles. The van der Waals surface area contributed by atoms with Gasteiger partial charge >= 0.3 is 12.4 Å². The van der Waals surface area contributed by atoms with Crippen LogP contribution in [-0.2, 0) is 12.7 Å². The highest BCUT2D eigenvalue weighted by atomic mass is 19.4. The molecule has 1 saturated heterocycles. The molecule has 0 unspecified atom stereocenters. The molecule has 0 spiro atoms. The first-order valence-corrected chi connectivity index (χ1v) is 7.68. The van der Waals surface area contributed by atoms with E-state index in [4.69, 9.17) is 0 Å². The van der Waals surface area contributed by atoms with E-state index in [2.05, 4.69) is 0 Å². The topological polar surface area (TPSA) is 0 Å². The lowest BCUT2D eigenvalue weighted by Crippen LogP contribution is -2.45. The smallest absolute Gasteiger partial charge is 0.320 e. The van der Waals surface area contributed by atoms with Crippen LogP contribution in [0.2, 0.25) is 0 Å². The summed E-state index contributed by atoms with van der Waals surface area (Å²) >= 11 is 0. The van der Waals surface area contributed by atoms with Gasteiger partial charge in [-0.15, -0.1) is 0 Å². The minimum absolute atomic E-state index is 0.0440. The van der Waals surface area contributed by atoms with Crippen molar-refractivity contribution in [1.82, 2.24) is 0 Å². The Morgan fingerprint density at radius 2 is 1.52 bits per heavy atom. The molecule has 1 aliphatic rings. The van der Waals surface area contributed by atoms with Gasteiger partial charge in [0.2, 0.25) is 0 Å². The largest absolute Gasteiger partial charge is 0.416 e. The number of halogens is 6. The Labute approximate surface area is 131 Å². The molecular formula is C16H20F6N+. The lowest BCUT2D eigenvalue weighted by Gasteiger charge is -2.35. The zero-order valence-electron chi connectivity index (χ0n) is 12.7. The summed E-state index contributed by atoms with van der Waals surface area (Å²) in [5.41, 5.74) is -0.505. The summed E-state index contributed by atoms with van der Waals surface area (Å²) in [6, 6.07) is 5.36. The first-order chi connectivity index (χ1) is 10.6. The maximum absolute atomic E-state index is 13.1. The Kier molecular flexibility index (Phi) is 5.28. The monoisotopic (exact) mass is 340 g/mol. The number of hydrogen-bond donors (Lipinski definition) is 0. The molecule has 0 bridgehead atoms. The fourth-order valence-corrected chi connectivity index (χ4v) is 3.38. The van der Waals surface area contributed by atoms with E-state index >= 15 is 0 Å². The Bertz CT molecular complexity index is 514. The first kappa shape index (κ1) is 18.1. The molecule has 0 amide bonds. The summed E-state index contributed by atoms with van der Waals surface area (Å²) in [4.78, 5) is 0. The van der Waals surface area contributed by atoms with E-state index in [-0.39, 0.29) is 25.1 Å². The molecule has 1 aromatic carbocycles.